The Bertz CT molecular complexity index is 783. The molecule has 1 saturated heterocycles. The van der Waals surface area contributed by atoms with Gasteiger partial charge in [-0.2, -0.15) is 0 Å². The predicted molar refractivity (Wildman–Crippen MR) is 101 cm³/mol. The maximum absolute atomic E-state index is 9.85. The third-order valence-electron chi connectivity index (χ3n) is 4.64. The lowest BCUT2D eigenvalue weighted by Gasteiger charge is -2.32. The largest absolute Gasteiger partial charge is 0.507 e. The normalized spacial score (nSPS) is 25.7. The summed E-state index contributed by atoms with van der Waals surface area (Å²) >= 11 is 5.28. The zero-order chi connectivity index (χ0) is 16.7. The van der Waals surface area contributed by atoms with Gasteiger partial charge in [-0.15, -0.1) is 0 Å². The van der Waals surface area contributed by atoms with Gasteiger partial charge in [0, 0.05) is 18.0 Å². The van der Waals surface area contributed by atoms with E-state index in [9.17, 15) is 5.11 Å². The summed E-state index contributed by atoms with van der Waals surface area (Å²) in [5.41, 5.74) is 2.14. The second-order valence-corrected chi connectivity index (χ2v) is 7.89. The number of aliphatic imine (C=N–C) groups is 1. The van der Waals surface area contributed by atoms with Crippen molar-refractivity contribution in [3.05, 3.63) is 58.3 Å². The van der Waals surface area contributed by atoms with Gasteiger partial charge in [0.25, 0.3) is 0 Å². The Kier molecular flexibility index (Phi) is 4.26. The fraction of sp³-hybridized carbons (Fsp3) is 0.333. The molecule has 3 atom stereocenters. The summed E-state index contributed by atoms with van der Waals surface area (Å²) in [7, 11) is 0. The van der Waals surface area contributed by atoms with E-state index < -0.39 is 0 Å². The molecule has 6 heteroatoms. The smallest absolute Gasteiger partial charge is 0.160 e. The second kappa shape index (κ2) is 6.41. The fourth-order valence-corrected chi connectivity index (χ4v) is 5.15. The van der Waals surface area contributed by atoms with Gasteiger partial charge in [-0.05, 0) is 52.2 Å². The van der Waals surface area contributed by atoms with Gasteiger partial charge in [0.1, 0.15) is 11.8 Å². The van der Waals surface area contributed by atoms with Crippen LogP contribution in [0.3, 0.4) is 0 Å². The van der Waals surface area contributed by atoms with Crippen LogP contribution in [-0.2, 0) is 0 Å². The van der Waals surface area contributed by atoms with E-state index in [4.69, 9.17) is 4.99 Å². The lowest BCUT2D eigenvalue weighted by molar-refractivity contribution is 0.255. The van der Waals surface area contributed by atoms with E-state index >= 15 is 0 Å². The van der Waals surface area contributed by atoms with Gasteiger partial charge in [0.05, 0.1) is 16.2 Å². The minimum Gasteiger partial charge on any atom is -0.507 e. The highest BCUT2D eigenvalue weighted by Crippen LogP contribution is 2.49. The molecule has 2 aliphatic rings. The number of rotatable bonds is 3. The molecule has 4 rings (SSSR count). The molecule has 0 unspecified atom stereocenters. The summed E-state index contributed by atoms with van der Waals surface area (Å²) in [6.45, 7) is 2.23. The quantitative estimate of drug-likeness (QED) is 0.817. The number of pyridine rings is 1. The zero-order valence-corrected chi connectivity index (χ0v) is 15.7. The number of aromatic hydroxyl groups is 1. The molecule has 1 aromatic carbocycles. The highest BCUT2D eigenvalue weighted by Gasteiger charge is 2.45. The maximum atomic E-state index is 9.85. The molecule has 3 heterocycles. The fourth-order valence-electron chi connectivity index (χ4n) is 3.42. The topological polar surface area (TPSA) is 48.7 Å². The molecular weight excluding hydrogens is 386 g/mol. The van der Waals surface area contributed by atoms with Crippen molar-refractivity contribution >= 4 is 32.9 Å². The van der Waals surface area contributed by atoms with E-state index in [0.29, 0.717) is 10.5 Å². The van der Waals surface area contributed by atoms with E-state index in [-0.39, 0.29) is 17.8 Å². The molecule has 0 amide bonds. The summed E-state index contributed by atoms with van der Waals surface area (Å²) in [5, 5.41) is 11.0. The van der Waals surface area contributed by atoms with Crippen LogP contribution in [0, 0.1) is 0 Å². The molecule has 2 aliphatic heterocycles. The number of phenols is 1. The van der Waals surface area contributed by atoms with E-state index in [1.165, 1.54) is 0 Å². The average molecular weight is 404 g/mol. The van der Waals surface area contributed by atoms with Crippen LogP contribution in [0.1, 0.15) is 36.7 Å². The Morgan fingerprint density at radius 3 is 2.92 bits per heavy atom. The summed E-state index contributed by atoms with van der Waals surface area (Å²) in [6, 6.07) is 12.3. The van der Waals surface area contributed by atoms with Crippen LogP contribution in [0.5, 0.6) is 5.75 Å². The van der Waals surface area contributed by atoms with Gasteiger partial charge >= 0.3 is 0 Å². The second-order valence-electron chi connectivity index (χ2n) is 6.05. The summed E-state index contributed by atoms with van der Waals surface area (Å²) in [4.78, 5) is 12.0. The van der Waals surface area contributed by atoms with Crippen molar-refractivity contribution in [1.29, 1.82) is 0 Å². The van der Waals surface area contributed by atoms with Crippen LogP contribution in [0.2, 0.25) is 0 Å². The summed E-state index contributed by atoms with van der Waals surface area (Å²) < 4.78 is 0.716. The number of aromatic nitrogens is 1. The number of hydrogen-bond acceptors (Lipinski definition) is 5. The van der Waals surface area contributed by atoms with Gasteiger partial charge in [-0.25, -0.2) is 0 Å². The lowest BCUT2D eigenvalue weighted by atomic mass is 9.95. The number of amidine groups is 1. The standard InChI is InChI=1S/C18H18BrN3OS/c1-2-12-10-24-18-21-16(14-5-3-4-8-20-14)17(22(12)18)11-6-7-15(23)13(19)9-11/h3-9,12,16-17,23H,2,10H2,1H3/t12-,16-,17+/m0/s1. The number of benzene rings is 1. The van der Waals surface area contributed by atoms with E-state index in [0.717, 1.165) is 28.6 Å². The molecule has 0 saturated carbocycles. The van der Waals surface area contributed by atoms with Crippen LogP contribution in [0.15, 0.2) is 52.1 Å². The zero-order valence-electron chi connectivity index (χ0n) is 13.3. The molecule has 24 heavy (non-hydrogen) atoms. The van der Waals surface area contributed by atoms with Crippen LogP contribution >= 0.6 is 27.7 Å². The molecule has 0 radical (unpaired) electrons. The summed E-state index contributed by atoms with van der Waals surface area (Å²) in [5.74, 6) is 1.34. The third kappa shape index (κ3) is 2.62. The summed E-state index contributed by atoms with van der Waals surface area (Å²) in [6.07, 6.45) is 2.92. The number of nitrogens with zero attached hydrogens (tertiary/aromatic N) is 3. The molecule has 1 fully saturated rings. The Labute approximate surface area is 154 Å². The van der Waals surface area contributed by atoms with Crippen molar-refractivity contribution < 1.29 is 5.11 Å². The van der Waals surface area contributed by atoms with Crippen LogP contribution < -0.4 is 0 Å². The Morgan fingerprint density at radius 1 is 1.33 bits per heavy atom. The first-order chi connectivity index (χ1) is 11.7. The number of phenolic OH excluding ortho intramolecular Hbond substituents is 1. The van der Waals surface area contributed by atoms with Gasteiger partial charge < -0.3 is 10.0 Å². The minimum absolute atomic E-state index is 0.0144. The predicted octanol–water partition coefficient (Wildman–Crippen LogP) is 4.53. The van der Waals surface area contributed by atoms with Crippen LogP contribution in [0.25, 0.3) is 0 Å². The van der Waals surface area contributed by atoms with Crippen molar-refractivity contribution in [2.75, 3.05) is 5.75 Å². The van der Waals surface area contributed by atoms with Crippen molar-refractivity contribution in [2.45, 2.75) is 31.5 Å². The maximum Gasteiger partial charge on any atom is 0.160 e. The number of hydrogen-bond donors (Lipinski definition) is 1. The van der Waals surface area contributed by atoms with Gasteiger partial charge in [0.15, 0.2) is 5.17 Å². The first-order valence-corrected chi connectivity index (χ1v) is 9.85. The van der Waals surface area contributed by atoms with Gasteiger partial charge in [0.2, 0.25) is 0 Å². The number of thioether (sulfide) groups is 1. The highest BCUT2D eigenvalue weighted by atomic mass is 79.9. The van der Waals surface area contributed by atoms with E-state index in [2.05, 4.69) is 32.7 Å². The molecular formula is C18H18BrN3OS. The first kappa shape index (κ1) is 16.0. The molecule has 0 bridgehead atoms. The molecule has 124 valence electrons. The monoisotopic (exact) mass is 403 g/mol. The number of fused-ring (bicyclic) bond motifs is 1. The Hall–Kier alpha value is -1.53. The molecule has 4 nitrogen and oxygen atoms in total. The lowest BCUT2D eigenvalue weighted by Crippen LogP contribution is -2.35. The molecule has 0 aliphatic carbocycles. The molecule has 1 aromatic heterocycles. The Balaban J connectivity index is 1.80. The Morgan fingerprint density at radius 2 is 2.21 bits per heavy atom. The van der Waals surface area contributed by atoms with Crippen molar-refractivity contribution in [1.82, 2.24) is 9.88 Å². The van der Waals surface area contributed by atoms with E-state index in [1.54, 1.807) is 6.07 Å². The molecule has 2 aromatic rings. The van der Waals surface area contributed by atoms with Crippen LogP contribution in [-0.4, -0.2) is 32.0 Å². The first-order valence-electron chi connectivity index (χ1n) is 8.07. The third-order valence-corrected chi connectivity index (χ3v) is 6.40. The molecule has 1 N–H and O–H groups in total. The minimum atomic E-state index is -0.0144. The van der Waals surface area contributed by atoms with Crippen molar-refractivity contribution in [3.63, 3.8) is 0 Å². The average Bonchev–Trinajstić information content (AvgIpc) is 3.17. The SMILES string of the molecule is CC[C@H]1CSC2=N[C@@H](c3ccccn3)[C@@H](c3ccc(O)c(Br)c3)N21. The highest BCUT2D eigenvalue weighted by molar-refractivity contribution is 9.10. The van der Waals surface area contributed by atoms with Crippen molar-refractivity contribution in [3.8, 4) is 5.75 Å². The van der Waals surface area contributed by atoms with Crippen LogP contribution in [0.4, 0.5) is 0 Å². The van der Waals surface area contributed by atoms with Gasteiger partial charge in [-0.3, -0.25) is 9.98 Å². The van der Waals surface area contributed by atoms with E-state index in [1.807, 2.05) is 48.3 Å². The van der Waals surface area contributed by atoms with Crippen molar-refractivity contribution in [2.24, 2.45) is 4.99 Å². The van der Waals surface area contributed by atoms with Gasteiger partial charge in [-0.1, -0.05) is 30.8 Å². The number of halogens is 1. The molecule has 0 spiro atoms.